The molecule has 2 aromatic carbocycles. The van der Waals surface area contributed by atoms with Gasteiger partial charge < -0.3 is 10.5 Å². The maximum absolute atomic E-state index is 5.73. The van der Waals surface area contributed by atoms with E-state index in [0.29, 0.717) is 0 Å². The molecule has 2 aromatic rings. The fraction of sp³-hybridized carbons (Fsp3) is 0.294. The summed E-state index contributed by atoms with van der Waals surface area (Å²) in [6.07, 6.45) is 0. The molecule has 0 atom stereocenters. The molecule has 0 heterocycles. The Morgan fingerprint density at radius 1 is 1.10 bits per heavy atom. The second-order valence-corrected chi connectivity index (χ2v) is 5.92. The number of hydrogen-bond donors (Lipinski definition) is 1. The Labute approximate surface area is 134 Å². The minimum atomic E-state index is 0.801. The molecule has 3 nitrogen and oxygen atoms in total. The molecule has 0 spiro atoms. The van der Waals surface area contributed by atoms with Crippen LogP contribution in [0.5, 0.6) is 5.75 Å². The standard InChI is InChI=1S/C17H21BrN2O/c1-3-20(11-13-4-7-16(19)8-5-13)12-14-10-15(18)6-9-17(14)21-2/h4-10H,3,11-12,19H2,1-2H3. The highest BCUT2D eigenvalue weighted by Gasteiger charge is 2.10. The van der Waals surface area contributed by atoms with Crippen molar-refractivity contribution in [2.75, 3.05) is 19.4 Å². The molecule has 112 valence electrons. The van der Waals surface area contributed by atoms with Crippen molar-refractivity contribution in [3.63, 3.8) is 0 Å². The van der Waals surface area contributed by atoms with Crippen LogP contribution in [-0.2, 0) is 13.1 Å². The van der Waals surface area contributed by atoms with Crippen LogP contribution in [0.4, 0.5) is 5.69 Å². The monoisotopic (exact) mass is 348 g/mol. The third-order valence-electron chi connectivity index (χ3n) is 3.47. The van der Waals surface area contributed by atoms with Crippen LogP contribution in [0.3, 0.4) is 0 Å². The summed E-state index contributed by atoms with van der Waals surface area (Å²) < 4.78 is 6.52. The summed E-state index contributed by atoms with van der Waals surface area (Å²) in [4.78, 5) is 2.37. The first-order valence-corrected chi connectivity index (χ1v) is 7.81. The van der Waals surface area contributed by atoms with E-state index in [9.17, 15) is 0 Å². The first kappa shape index (κ1) is 15.9. The Kier molecular flexibility index (Phi) is 5.65. The molecule has 0 fully saturated rings. The van der Waals surface area contributed by atoms with Crippen LogP contribution in [0.1, 0.15) is 18.1 Å². The number of methoxy groups -OCH3 is 1. The summed E-state index contributed by atoms with van der Waals surface area (Å²) in [5.74, 6) is 0.925. The van der Waals surface area contributed by atoms with Gasteiger partial charge in [0.1, 0.15) is 5.75 Å². The molecule has 0 aliphatic carbocycles. The van der Waals surface area contributed by atoms with Crippen LogP contribution in [0.2, 0.25) is 0 Å². The molecule has 0 aromatic heterocycles. The first-order chi connectivity index (χ1) is 10.1. The van der Waals surface area contributed by atoms with Crippen molar-refractivity contribution in [3.05, 3.63) is 58.1 Å². The summed E-state index contributed by atoms with van der Waals surface area (Å²) in [7, 11) is 1.71. The van der Waals surface area contributed by atoms with Gasteiger partial charge >= 0.3 is 0 Å². The van der Waals surface area contributed by atoms with Gasteiger partial charge in [-0.3, -0.25) is 4.90 Å². The average Bonchev–Trinajstić information content (AvgIpc) is 2.49. The molecule has 0 aliphatic rings. The lowest BCUT2D eigenvalue weighted by atomic mass is 10.1. The summed E-state index contributed by atoms with van der Waals surface area (Å²) in [5.41, 5.74) is 8.98. The number of ether oxygens (including phenoxy) is 1. The summed E-state index contributed by atoms with van der Waals surface area (Å²) in [6, 6.07) is 14.2. The molecule has 0 amide bonds. The predicted octanol–water partition coefficient (Wildman–Crippen LogP) is 4.06. The number of halogens is 1. The number of benzene rings is 2. The summed E-state index contributed by atoms with van der Waals surface area (Å²) >= 11 is 3.52. The zero-order valence-corrected chi connectivity index (χ0v) is 14.1. The van der Waals surface area contributed by atoms with E-state index in [1.165, 1.54) is 11.1 Å². The Morgan fingerprint density at radius 3 is 2.43 bits per heavy atom. The summed E-state index contributed by atoms with van der Waals surface area (Å²) in [6.45, 7) is 4.89. The normalized spacial score (nSPS) is 10.9. The van der Waals surface area contributed by atoms with E-state index >= 15 is 0 Å². The first-order valence-electron chi connectivity index (χ1n) is 7.01. The van der Waals surface area contributed by atoms with E-state index in [0.717, 1.165) is 35.5 Å². The lowest BCUT2D eigenvalue weighted by molar-refractivity contribution is 0.266. The van der Waals surface area contributed by atoms with Gasteiger partial charge in [0, 0.05) is 28.8 Å². The highest BCUT2D eigenvalue weighted by molar-refractivity contribution is 9.10. The molecule has 2 rings (SSSR count). The van der Waals surface area contributed by atoms with E-state index in [-0.39, 0.29) is 0 Å². The number of hydrogen-bond acceptors (Lipinski definition) is 3. The zero-order valence-electron chi connectivity index (χ0n) is 12.5. The van der Waals surface area contributed by atoms with Crippen LogP contribution < -0.4 is 10.5 Å². The number of nitrogens with zero attached hydrogens (tertiary/aromatic N) is 1. The van der Waals surface area contributed by atoms with Crippen LogP contribution in [0, 0.1) is 0 Å². The van der Waals surface area contributed by atoms with Gasteiger partial charge in [-0.15, -0.1) is 0 Å². The molecule has 0 unspecified atom stereocenters. The molecule has 0 aliphatic heterocycles. The number of nitrogens with two attached hydrogens (primary N) is 1. The van der Waals surface area contributed by atoms with Gasteiger partial charge in [0.15, 0.2) is 0 Å². The summed E-state index contributed by atoms with van der Waals surface area (Å²) in [5, 5.41) is 0. The van der Waals surface area contributed by atoms with Crippen LogP contribution in [0.25, 0.3) is 0 Å². The smallest absolute Gasteiger partial charge is 0.123 e. The zero-order chi connectivity index (χ0) is 15.2. The van der Waals surface area contributed by atoms with Crippen molar-refractivity contribution in [2.24, 2.45) is 0 Å². The van der Waals surface area contributed by atoms with E-state index in [1.54, 1.807) is 7.11 Å². The van der Waals surface area contributed by atoms with Crippen molar-refractivity contribution < 1.29 is 4.74 Å². The average molecular weight is 349 g/mol. The molecule has 2 N–H and O–H groups in total. The van der Waals surface area contributed by atoms with Crippen molar-refractivity contribution in [1.29, 1.82) is 0 Å². The molecular formula is C17H21BrN2O. The van der Waals surface area contributed by atoms with Crippen LogP contribution in [0.15, 0.2) is 46.9 Å². The van der Waals surface area contributed by atoms with Gasteiger partial charge in [-0.1, -0.05) is 35.0 Å². The Morgan fingerprint density at radius 2 is 1.81 bits per heavy atom. The molecule has 0 saturated heterocycles. The number of rotatable bonds is 6. The lowest BCUT2D eigenvalue weighted by Crippen LogP contribution is -2.22. The second kappa shape index (κ2) is 7.48. The molecule has 4 heteroatoms. The minimum Gasteiger partial charge on any atom is -0.496 e. The SMILES string of the molecule is CCN(Cc1ccc(N)cc1)Cc1cc(Br)ccc1OC. The van der Waals surface area contributed by atoms with Crippen molar-refractivity contribution in [1.82, 2.24) is 4.90 Å². The predicted molar refractivity (Wildman–Crippen MR) is 91.3 cm³/mol. The Hall–Kier alpha value is -1.52. The van der Waals surface area contributed by atoms with E-state index in [4.69, 9.17) is 10.5 Å². The van der Waals surface area contributed by atoms with Gasteiger partial charge in [-0.05, 0) is 42.4 Å². The largest absolute Gasteiger partial charge is 0.496 e. The van der Waals surface area contributed by atoms with Crippen LogP contribution in [-0.4, -0.2) is 18.6 Å². The molecule has 21 heavy (non-hydrogen) atoms. The topological polar surface area (TPSA) is 38.5 Å². The van der Waals surface area contributed by atoms with Crippen molar-refractivity contribution in [3.8, 4) is 5.75 Å². The van der Waals surface area contributed by atoms with Gasteiger partial charge in [0.05, 0.1) is 7.11 Å². The number of nitrogen functional groups attached to an aromatic ring is 1. The fourth-order valence-electron chi connectivity index (χ4n) is 2.27. The third-order valence-corrected chi connectivity index (χ3v) is 3.96. The van der Waals surface area contributed by atoms with Crippen molar-refractivity contribution in [2.45, 2.75) is 20.0 Å². The maximum atomic E-state index is 5.73. The third kappa shape index (κ3) is 4.48. The highest BCUT2D eigenvalue weighted by Crippen LogP contribution is 2.25. The Balaban J connectivity index is 2.11. The highest BCUT2D eigenvalue weighted by atomic mass is 79.9. The van der Waals surface area contributed by atoms with E-state index < -0.39 is 0 Å². The molecular weight excluding hydrogens is 328 g/mol. The van der Waals surface area contributed by atoms with Gasteiger partial charge in [-0.25, -0.2) is 0 Å². The molecule has 0 radical (unpaired) electrons. The van der Waals surface area contributed by atoms with E-state index in [1.807, 2.05) is 24.3 Å². The fourth-order valence-corrected chi connectivity index (χ4v) is 2.68. The van der Waals surface area contributed by atoms with Gasteiger partial charge in [0.25, 0.3) is 0 Å². The van der Waals surface area contributed by atoms with Crippen LogP contribution >= 0.6 is 15.9 Å². The quantitative estimate of drug-likeness (QED) is 0.800. The van der Waals surface area contributed by atoms with E-state index in [2.05, 4.69) is 46.0 Å². The number of anilines is 1. The minimum absolute atomic E-state index is 0.801. The lowest BCUT2D eigenvalue weighted by Gasteiger charge is -2.22. The molecule has 0 saturated carbocycles. The molecule has 0 bridgehead atoms. The van der Waals surface area contributed by atoms with Gasteiger partial charge in [0.2, 0.25) is 0 Å². The maximum Gasteiger partial charge on any atom is 0.123 e. The second-order valence-electron chi connectivity index (χ2n) is 5.00. The van der Waals surface area contributed by atoms with Gasteiger partial charge in [-0.2, -0.15) is 0 Å². The van der Waals surface area contributed by atoms with Crippen molar-refractivity contribution >= 4 is 21.6 Å². The Bertz CT molecular complexity index is 584.